The number of aliphatic carboxylic acids is 1. The molecule has 23 heavy (non-hydrogen) atoms. The molecule has 2 aromatic rings. The Morgan fingerprint density at radius 2 is 2.00 bits per heavy atom. The van der Waals surface area contributed by atoms with Crippen LogP contribution < -0.4 is 5.32 Å². The topological polar surface area (TPSA) is 88.5 Å². The number of nitrogens with zero attached hydrogens (tertiary/aromatic N) is 1. The minimum atomic E-state index is -0.935. The molecule has 0 atom stereocenters. The van der Waals surface area contributed by atoms with Gasteiger partial charge in [-0.05, 0) is 12.0 Å². The van der Waals surface area contributed by atoms with Gasteiger partial charge >= 0.3 is 5.97 Å². The van der Waals surface area contributed by atoms with Crippen LogP contribution in [0.3, 0.4) is 0 Å². The average molecular weight is 334 g/mol. The molecule has 0 aliphatic carbocycles. The molecule has 2 N–H and O–H groups in total. The molecule has 1 aromatic heterocycles. The summed E-state index contributed by atoms with van der Waals surface area (Å²) in [5.41, 5.74) is 2.62. The van der Waals surface area contributed by atoms with Crippen molar-refractivity contribution in [3.8, 4) is 11.3 Å². The predicted molar refractivity (Wildman–Crippen MR) is 88.8 cm³/mol. The van der Waals surface area contributed by atoms with Gasteiger partial charge in [0, 0.05) is 17.6 Å². The Hall–Kier alpha value is -2.25. The molecule has 0 aliphatic heterocycles. The fraction of sp³-hybridized carbons (Fsp3) is 0.312. The molecule has 0 saturated carbocycles. The Kier molecular flexibility index (Phi) is 5.84. The van der Waals surface area contributed by atoms with Gasteiger partial charge in [-0.3, -0.25) is 14.9 Å². The largest absolute Gasteiger partial charge is 0.481 e. The summed E-state index contributed by atoms with van der Waals surface area (Å²) in [4.78, 5) is 27.6. The van der Waals surface area contributed by atoms with Crippen molar-refractivity contribution in [2.45, 2.75) is 19.8 Å². The summed E-state index contributed by atoms with van der Waals surface area (Å²) < 4.78 is 4.76. The first-order chi connectivity index (χ1) is 11.0. The van der Waals surface area contributed by atoms with E-state index in [4.69, 9.17) is 9.84 Å². The Bertz CT molecular complexity index is 695. The highest BCUT2D eigenvalue weighted by Crippen LogP contribution is 2.32. The quantitative estimate of drug-likeness (QED) is 0.812. The Morgan fingerprint density at radius 1 is 1.30 bits per heavy atom. The van der Waals surface area contributed by atoms with Crippen molar-refractivity contribution < 1.29 is 19.4 Å². The van der Waals surface area contributed by atoms with Gasteiger partial charge in [0.05, 0.1) is 12.1 Å². The second-order valence-electron chi connectivity index (χ2n) is 4.89. The highest BCUT2D eigenvalue weighted by molar-refractivity contribution is 7.16. The third-order valence-corrected chi connectivity index (χ3v) is 4.14. The molecule has 0 fully saturated rings. The van der Waals surface area contributed by atoms with Gasteiger partial charge in [-0.25, -0.2) is 4.98 Å². The highest BCUT2D eigenvalue weighted by Gasteiger charge is 2.17. The molecule has 0 spiro atoms. The number of carboxylic acid groups (broad SMARTS) is 1. The van der Waals surface area contributed by atoms with Crippen molar-refractivity contribution in [1.29, 1.82) is 0 Å². The number of aromatic nitrogens is 1. The van der Waals surface area contributed by atoms with Gasteiger partial charge in [0.2, 0.25) is 0 Å². The van der Waals surface area contributed by atoms with E-state index in [2.05, 4.69) is 17.2 Å². The summed E-state index contributed by atoms with van der Waals surface area (Å²) in [7, 11) is 1.43. The predicted octanol–water partition coefficient (Wildman–Crippen LogP) is 2.58. The molecular weight excluding hydrogens is 316 g/mol. The molecule has 122 valence electrons. The SMILES string of the molecule is CCc1ccc(-c2nc(NC(=O)COC)sc2CC(=O)O)cc1. The maximum atomic E-state index is 11.6. The van der Waals surface area contributed by atoms with E-state index in [-0.39, 0.29) is 18.9 Å². The van der Waals surface area contributed by atoms with E-state index >= 15 is 0 Å². The second-order valence-corrected chi connectivity index (χ2v) is 5.98. The molecule has 0 radical (unpaired) electrons. The zero-order chi connectivity index (χ0) is 16.8. The maximum absolute atomic E-state index is 11.6. The van der Waals surface area contributed by atoms with Crippen molar-refractivity contribution in [2.24, 2.45) is 0 Å². The van der Waals surface area contributed by atoms with Crippen LogP contribution in [0.1, 0.15) is 17.4 Å². The van der Waals surface area contributed by atoms with Gasteiger partial charge in [-0.1, -0.05) is 31.2 Å². The van der Waals surface area contributed by atoms with Gasteiger partial charge in [-0.2, -0.15) is 0 Å². The van der Waals surface area contributed by atoms with Crippen molar-refractivity contribution in [3.63, 3.8) is 0 Å². The third kappa shape index (κ3) is 4.61. The van der Waals surface area contributed by atoms with Gasteiger partial charge in [0.25, 0.3) is 5.91 Å². The number of thiazole rings is 1. The summed E-state index contributed by atoms with van der Waals surface area (Å²) >= 11 is 1.17. The Morgan fingerprint density at radius 3 is 2.57 bits per heavy atom. The van der Waals surface area contributed by atoms with Crippen molar-refractivity contribution >= 4 is 28.3 Å². The minimum absolute atomic E-state index is 0.0750. The van der Waals surface area contributed by atoms with Gasteiger partial charge < -0.3 is 9.84 Å². The first kappa shape index (κ1) is 17.1. The number of methoxy groups -OCH3 is 1. The van der Waals surface area contributed by atoms with Crippen LogP contribution in [-0.2, 0) is 27.2 Å². The lowest BCUT2D eigenvalue weighted by Crippen LogP contribution is -2.16. The van der Waals surface area contributed by atoms with Crippen LogP contribution in [0.4, 0.5) is 5.13 Å². The molecule has 0 bridgehead atoms. The zero-order valence-electron chi connectivity index (χ0n) is 13.0. The Labute approximate surface area is 138 Å². The van der Waals surface area contributed by atoms with E-state index in [0.717, 1.165) is 12.0 Å². The number of amides is 1. The first-order valence-electron chi connectivity index (χ1n) is 7.13. The van der Waals surface area contributed by atoms with Crippen LogP contribution in [0.2, 0.25) is 0 Å². The summed E-state index contributed by atoms with van der Waals surface area (Å²) in [6, 6.07) is 7.81. The van der Waals surface area contributed by atoms with Crippen molar-refractivity contribution in [3.05, 3.63) is 34.7 Å². The van der Waals surface area contributed by atoms with E-state index in [1.807, 2.05) is 24.3 Å². The molecule has 2 rings (SSSR count). The number of benzene rings is 1. The third-order valence-electron chi connectivity index (χ3n) is 3.17. The number of hydrogen-bond acceptors (Lipinski definition) is 5. The van der Waals surface area contributed by atoms with Gasteiger partial charge in [0.1, 0.15) is 6.61 Å². The van der Waals surface area contributed by atoms with Crippen LogP contribution in [0.25, 0.3) is 11.3 Å². The molecule has 0 saturated heterocycles. The zero-order valence-corrected chi connectivity index (χ0v) is 13.8. The molecule has 1 aromatic carbocycles. The lowest BCUT2D eigenvalue weighted by molar-refractivity contribution is -0.136. The van der Waals surface area contributed by atoms with E-state index in [0.29, 0.717) is 15.7 Å². The lowest BCUT2D eigenvalue weighted by Gasteiger charge is -2.02. The number of nitrogens with one attached hydrogen (secondary N) is 1. The molecule has 7 heteroatoms. The fourth-order valence-corrected chi connectivity index (χ4v) is 3.06. The molecule has 1 amide bonds. The van der Waals surface area contributed by atoms with Crippen LogP contribution >= 0.6 is 11.3 Å². The number of hydrogen-bond donors (Lipinski definition) is 2. The van der Waals surface area contributed by atoms with Gasteiger partial charge in [-0.15, -0.1) is 11.3 Å². The van der Waals surface area contributed by atoms with E-state index < -0.39 is 5.97 Å². The smallest absolute Gasteiger partial charge is 0.308 e. The van der Waals surface area contributed by atoms with Crippen molar-refractivity contribution in [1.82, 2.24) is 4.98 Å². The summed E-state index contributed by atoms with van der Waals surface area (Å²) in [6.45, 7) is 1.99. The minimum Gasteiger partial charge on any atom is -0.481 e. The fourth-order valence-electron chi connectivity index (χ4n) is 2.07. The monoisotopic (exact) mass is 334 g/mol. The standard InChI is InChI=1S/C16H18N2O4S/c1-3-10-4-6-11(7-5-10)15-12(8-14(20)21)23-16(18-15)17-13(19)9-22-2/h4-7H,3,8-9H2,1-2H3,(H,20,21)(H,17,18,19). The van der Waals surface area contributed by atoms with E-state index in [1.165, 1.54) is 24.0 Å². The molecule has 0 unspecified atom stereocenters. The summed E-state index contributed by atoms with van der Waals surface area (Å²) in [5.74, 6) is -1.26. The number of carbonyl (C=O) groups excluding carboxylic acids is 1. The van der Waals surface area contributed by atoms with Gasteiger partial charge in [0.15, 0.2) is 5.13 Å². The highest BCUT2D eigenvalue weighted by atomic mass is 32.1. The van der Waals surface area contributed by atoms with Crippen LogP contribution in [0.15, 0.2) is 24.3 Å². The number of anilines is 1. The number of ether oxygens (including phenoxy) is 1. The first-order valence-corrected chi connectivity index (χ1v) is 7.94. The Balaban J connectivity index is 2.32. The van der Waals surface area contributed by atoms with Crippen molar-refractivity contribution in [2.75, 3.05) is 19.0 Å². The maximum Gasteiger partial charge on any atom is 0.308 e. The number of rotatable bonds is 7. The average Bonchev–Trinajstić information content (AvgIpc) is 2.89. The number of aryl methyl sites for hydroxylation is 1. The molecular formula is C16H18N2O4S. The van der Waals surface area contributed by atoms with E-state index in [9.17, 15) is 9.59 Å². The van der Waals surface area contributed by atoms with Crippen LogP contribution in [0, 0.1) is 0 Å². The number of carbonyl (C=O) groups is 2. The lowest BCUT2D eigenvalue weighted by atomic mass is 10.1. The van der Waals surface area contributed by atoms with E-state index in [1.54, 1.807) is 0 Å². The number of carboxylic acids is 1. The second kappa shape index (κ2) is 7.85. The molecule has 0 aliphatic rings. The molecule has 6 nitrogen and oxygen atoms in total. The van der Waals surface area contributed by atoms with Crippen LogP contribution in [0.5, 0.6) is 0 Å². The summed E-state index contributed by atoms with van der Waals surface area (Å²) in [5, 5.41) is 12.1. The molecule has 1 heterocycles. The van der Waals surface area contributed by atoms with Crippen LogP contribution in [-0.4, -0.2) is 35.7 Å². The normalized spacial score (nSPS) is 10.5. The summed E-state index contributed by atoms with van der Waals surface area (Å²) in [6.07, 6.45) is 0.792.